The Kier molecular flexibility index (Phi) is 7.58. The normalized spacial score (nSPS) is 25.7. The maximum absolute atomic E-state index is 9.94. The van der Waals surface area contributed by atoms with Crippen molar-refractivity contribution in [1.82, 2.24) is 15.0 Å². The van der Waals surface area contributed by atoms with Gasteiger partial charge in [0.15, 0.2) is 11.6 Å². The summed E-state index contributed by atoms with van der Waals surface area (Å²) in [5.74, 6) is 2.08. The predicted octanol–water partition coefficient (Wildman–Crippen LogP) is 6.35. The van der Waals surface area contributed by atoms with E-state index in [0.717, 1.165) is 66.6 Å². The molecule has 1 aromatic carbocycles. The Morgan fingerprint density at radius 1 is 1.00 bits per heavy atom. The lowest BCUT2D eigenvalue weighted by molar-refractivity contribution is -0.226. The van der Waals surface area contributed by atoms with E-state index in [2.05, 4.69) is 18.0 Å². The van der Waals surface area contributed by atoms with Crippen molar-refractivity contribution in [2.24, 2.45) is 11.8 Å². The summed E-state index contributed by atoms with van der Waals surface area (Å²) in [4.78, 5) is 15.0. The Hall–Kier alpha value is -2.61. The van der Waals surface area contributed by atoms with Gasteiger partial charge in [-0.3, -0.25) is 4.98 Å². The number of hydrogen-bond donors (Lipinski definition) is 1. The van der Waals surface area contributed by atoms with Gasteiger partial charge in [0.25, 0.3) is 0 Å². The maximum atomic E-state index is 9.94. The van der Waals surface area contributed by atoms with Gasteiger partial charge in [0, 0.05) is 34.8 Å². The first-order valence-electron chi connectivity index (χ1n) is 15.0. The Balaban J connectivity index is 0.00000135. The van der Waals surface area contributed by atoms with Crippen molar-refractivity contribution in [2.75, 3.05) is 13.2 Å². The second-order valence-corrected chi connectivity index (χ2v) is 11.2. The van der Waals surface area contributed by atoms with Crippen LogP contribution in [0.15, 0.2) is 30.3 Å². The predicted molar refractivity (Wildman–Crippen MR) is 151 cm³/mol. The second kappa shape index (κ2) is 11.1. The SMILES string of the molecule is CC.CC1C2CCc3c(OC4CCCC4)nc(-c4cc(CO)nc5ccccc45)nc3C2CCC12OCCO2. The van der Waals surface area contributed by atoms with Crippen LogP contribution in [0.2, 0.25) is 0 Å². The summed E-state index contributed by atoms with van der Waals surface area (Å²) in [5.41, 5.74) is 4.69. The van der Waals surface area contributed by atoms with Crippen molar-refractivity contribution < 1.29 is 19.3 Å². The molecule has 2 saturated carbocycles. The van der Waals surface area contributed by atoms with Crippen molar-refractivity contribution in [3.8, 4) is 17.3 Å². The molecule has 3 heterocycles. The average Bonchev–Trinajstić information content (AvgIpc) is 3.68. The molecule has 0 bridgehead atoms. The number of hydrogen-bond acceptors (Lipinski definition) is 7. The summed E-state index contributed by atoms with van der Waals surface area (Å²) in [6.07, 6.45) is 8.68. The van der Waals surface area contributed by atoms with E-state index in [4.69, 9.17) is 24.2 Å². The fourth-order valence-electron chi connectivity index (χ4n) is 7.35. The standard InChI is InChI=1S/C30H35N3O4.C2H6/c1-18-21-10-11-24-27(23(21)12-13-30(18)35-14-15-36-30)32-28(33-29(24)37-20-6-2-3-7-20)25-16-19(17-34)31-26-9-5-4-8-22(25)26;1-2/h4-5,8-9,16,18,20-21,23,34H,2-3,6-7,10-15,17H2,1H3;1-2H3. The summed E-state index contributed by atoms with van der Waals surface area (Å²) >= 11 is 0. The average molecular weight is 532 g/mol. The van der Waals surface area contributed by atoms with Gasteiger partial charge in [0.2, 0.25) is 5.88 Å². The van der Waals surface area contributed by atoms with Gasteiger partial charge in [0.05, 0.1) is 36.7 Å². The Bertz CT molecular complexity index is 1320. The third-order valence-electron chi connectivity index (χ3n) is 9.27. The van der Waals surface area contributed by atoms with E-state index in [9.17, 15) is 5.11 Å². The van der Waals surface area contributed by atoms with E-state index >= 15 is 0 Å². The van der Waals surface area contributed by atoms with Gasteiger partial charge in [-0.15, -0.1) is 0 Å². The van der Waals surface area contributed by atoms with E-state index in [1.807, 2.05) is 38.1 Å². The van der Waals surface area contributed by atoms with Gasteiger partial charge >= 0.3 is 0 Å². The molecule has 4 aliphatic rings. The highest BCUT2D eigenvalue weighted by atomic mass is 16.7. The van der Waals surface area contributed by atoms with Gasteiger partial charge < -0.3 is 19.3 Å². The summed E-state index contributed by atoms with van der Waals surface area (Å²) < 4.78 is 19.0. The lowest BCUT2D eigenvalue weighted by Crippen LogP contribution is -2.48. The number of aromatic nitrogens is 3. The number of ether oxygens (including phenoxy) is 3. The number of aliphatic hydroxyl groups excluding tert-OH is 1. The van der Waals surface area contributed by atoms with E-state index in [-0.39, 0.29) is 12.7 Å². The van der Waals surface area contributed by atoms with Crippen LogP contribution in [0.1, 0.15) is 88.6 Å². The zero-order valence-electron chi connectivity index (χ0n) is 23.5. The van der Waals surface area contributed by atoms with Gasteiger partial charge in [-0.1, -0.05) is 39.0 Å². The fourth-order valence-corrected chi connectivity index (χ4v) is 7.35. The molecular weight excluding hydrogens is 490 g/mol. The first-order valence-corrected chi connectivity index (χ1v) is 15.0. The maximum Gasteiger partial charge on any atom is 0.220 e. The number of fused-ring (bicyclic) bond motifs is 4. The van der Waals surface area contributed by atoms with Crippen LogP contribution in [0, 0.1) is 11.8 Å². The number of para-hydroxylation sites is 1. The number of pyridine rings is 1. The van der Waals surface area contributed by atoms with Gasteiger partial charge in [-0.05, 0) is 63.0 Å². The van der Waals surface area contributed by atoms with Crippen molar-refractivity contribution >= 4 is 10.9 Å². The molecule has 3 atom stereocenters. The van der Waals surface area contributed by atoms with Crippen LogP contribution in [-0.4, -0.2) is 45.2 Å². The lowest BCUT2D eigenvalue weighted by atomic mass is 9.63. The molecule has 7 nitrogen and oxygen atoms in total. The minimum absolute atomic E-state index is 0.126. The lowest BCUT2D eigenvalue weighted by Gasteiger charge is -2.48. The van der Waals surface area contributed by atoms with Crippen LogP contribution in [0.25, 0.3) is 22.3 Å². The minimum Gasteiger partial charge on any atom is -0.474 e. The molecular formula is C32H41N3O4. The van der Waals surface area contributed by atoms with Crippen LogP contribution in [-0.2, 0) is 22.5 Å². The van der Waals surface area contributed by atoms with Crippen molar-refractivity contribution in [3.63, 3.8) is 0 Å². The number of aliphatic hydroxyl groups is 1. The van der Waals surface area contributed by atoms with Crippen LogP contribution >= 0.6 is 0 Å². The molecule has 3 aromatic rings. The van der Waals surface area contributed by atoms with E-state index in [1.54, 1.807) is 0 Å². The topological polar surface area (TPSA) is 86.6 Å². The molecule has 39 heavy (non-hydrogen) atoms. The highest BCUT2D eigenvalue weighted by Gasteiger charge is 2.53. The molecule has 1 aliphatic heterocycles. The molecule has 7 rings (SSSR count). The van der Waals surface area contributed by atoms with Gasteiger partial charge in [0.1, 0.15) is 6.10 Å². The van der Waals surface area contributed by atoms with E-state index in [0.29, 0.717) is 42.5 Å². The van der Waals surface area contributed by atoms with Crippen LogP contribution in [0.3, 0.4) is 0 Å². The molecule has 3 unspecified atom stereocenters. The Morgan fingerprint density at radius 3 is 2.54 bits per heavy atom. The molecule has 3 aliphatic carbocycles. The Labute approximate surface area is 231 Å². The van der Waals surface area contributed by atoms with Crippen LogP contribution < -0.4 is 4.74 Å². The zero-order chi connectivity index (χ0) is 27.0. The minimum atomic E-state index is -0.435. The Morgan fingerprint density at radius 2 is 1.77 bits per heavy atom. The highest BCUT2D eigenvalue weighted by Crippen LogP contribution is 2.54. The molecule has 1 saturated heterocycles. The van der Waals surface area contributed by atoms with Gasteiger partial charge in [-0.25, -0.2) is 4.98 Å². The summed E-state index contributed by atoms with van der Waals surface area (Å²) in [6.45, 7) is 7.55. The summed E-state index contributed by atoms with van der Waals surface area (Å²) in [6, 6.07) is 9.96. The second-order valence-electron chi connectivity index (χ2n) is 11.2. The van der Waals surface area contributed by atoms with E-state index in [1.165, 1.54) is 18.4 Å². The van der Waals surface area contributed by atoms with Crippen molar-refractivity contribution in [1.29, 1.82) is 0 Å². The quantitative estimate of drug-likeness (QED) is 0.420. The molecule has 0 amide bonds. The third-order valence-corrected chi connectivity index (χ3v) is 9.27. The van der Waals surface area contributed by atoms with Crippen molar-refractivity contribution in [2.45, 2.75) is 96.6 Å². The summed E-state index contributed by atoms with van der Waals surface area (Å²) in [5, 5.41) is 10.9. The zero-order valence-corrected chi connectivity index (χ0v) is 23.5. The number of nitrogens with zero attached hydrogens (tertiary/aromatic N) is 3. The highest BCUT2D eigenvalue weighted by molar-refractivity contribution is 5.93. The smallest absolute Gasteiger partial charge is 0.220 e. The van der Waals surface area contributed by atoms with Crippen LogP contribution in [0.5, 0.6) is 5.88 Å². The molecule has 3 fully saturated rings. The van der Waals surface area contributed by atoms with E-state index < -0.39 is 5.79 Å². The van der Waals surface area contributed by atoms with Gasteiger partial charge in [-0.2, -0.15) is 4.98 Å². The summed E-state index contributed by atoms with van der Waals surface area (Å²) in [7, 11) is 0. The first-order chi connectivity index (χ1) is 19.1. The molecule has 0 radical (unpaired) electrons. The molecule has 208 valence electrons. The largest absolute Gasteiger partial charge is 0.474 e. The van der Waals surface area contributed by atoms with Crippen molar-refractivity contribution in [3.05, 3.63) is 47.3 Å². The number of benzene rings is 1. The molecule has 1 N–H and O–H groups in total. The number of rotatable bonds is 4. The molecule has 1 spiro atoms. The molecule has 2 aromatic heterocycles. The monoisotopic (exact) mass is 531 g/mol. The molecule has 7 heteroatoms. The van der Waals surface area contributed by atoms with Crippen LogP contribution in [0.4, 0.5) is 0 Å². The fraction of sp³-hybridized carbons (Fsp3) is 0.594. The first kappa shape index (κ1) is 26.6. The third kappa shape index (κ3) is 4.72.